The van der Waals surface area contributed by atoms with Crippen LogP contribution in [0.25, 0.3) is 33.4 Å². The van der Waals surface area contributed by atoms with E-state index in [4.69, 9.17) is 31.0 Å². The molecule has 5 aromatic rings. The van der Waals surface area contributed by atoms with Crippen molar-refractivity contribution in [2.45, 2.75) is 77.3 Å². The summed E-state index contributed by atoms with van der Waals surface area (Å²) >= 11 is 7.14. The monoisotopic (exact) mass is 836 g/mol. The van der Waals surface area contributed by atoms with Crippen LogP contribution in [0.1, 0.15) is 61.2 Å². The van der Waals surface area contributed by atoms with E-state index in [9.17, 15) is 22.4 Å². The summed E-state index contributed by atoms with van der Waals surface area (Å²) in [5, 5.41) is 3.66. The van der Waals surface area contributed by atoms with E-state index in [-0.39, 0.29) is 34.8 Å². The molecule has 0 spiro atoms. The quantitative estimate of drug-likeness (QED) is 0.0849. The van der Waals surface area contributed by atoms with Crippen LogP contribution in [0, 0.1) is 12.8 Å². The fourth-order valence-electron chi connectivity index (χ4n) is 8.02. The topological polar surface area (TPSA) is 128 Å². The minimum atomic E-state index is -2.94. The molecular weight excluding hydrogens is 792 g/mol. The number of benzene rings is 2. The summed E-state index contributed by atoms with van der Waals surface area (Å²) in [5.74, 6) is -0.384. The summed E-state index contributed by atoms with van der Waals surface area (Å²) in [6.07, 6.45) is 3.53. The van der Waals surface area contributed by atoms with Gasteiger partial charge in [-0.3, -0.25) is 24.6 Å². The van der Waals surface area contributed by atoms with Crippen LogP contribution >= 0.6 is 11.6 Å². The number of rotatable bonds is 14. The molecule has 2 aliphatic rings. The fourth-order valence-corrected chi connectivity index (χ4v) is 8.34. The molecular formula is C42H45ClF4N8O4. The van der Waals surface area contributed by atoms with Crippen LogP contribution < -0.4 is 10.1 Å². The first-order valence-electron chi connectivity index (χ1n) is 19.4. The average Bonchev–Trinajstić information content (AvgIpc) is 3.67. The Morgan fingerprint density at radius 2 is 1.71 bits per heavy atom. The maximum absolute atomic E-state index is 14.1. The standard InChI is InChI=1S/C42H45ClF4N8O4/c1-23-28(29-8-5-9-30(35(29)43)33-19-48-34(40(52-33)57-3)22-54(2)26-13-11-25(12-14-26)41(56)58-4)7-6-10-31(23)50-38-36-32(51-39(53-38)37(44)45)17-24(18-49-36)20-55-16-15-27(21-55)59-42(46)47/h5-10,17-19,25-27,37,42H,11-16,20-22H2,1-4H3,(H,50,51,53)/t25?,26?,27-/m1/s1. The van der Waals surface area contributed by atoms with Crippen molar-refractivity contribution in [1.29, 1.82) is 0 Å². The first-order chi connectivity index (χ1) is 28.4. The van der Waals surface area contributed by atoms with E-state index in [0.29, 0.717) is 77.3 Å². The molecule has 0 bridgehead atoms. The Morgan fingerprint density at radius 3 is 2.44 bits per heavy atom. The summed E-state index contributed by atoms with van der Waals surface area (Å²) < 4.78 is 69.0. The molecule has 0 radical (unpaired) electrons. The average molecular weight is 837 g/mol. The number of nitrogens with one attached hydrogen (secondary N) is 1. The number of anilines is 2. The lowest BCUT2D eigenvalue weighted by Gasteiger charge is -2.33. The highest BCUT2D eigenvalue weighted by Crippen LogP contribution is 2.40. The minimum Gasteiger partial charge on any atom is -0.480 e. The molecule has 59 heavy (non-hydrogen) atoms. The third-order valence-electron chi connectivity index (χ3n) is 11.1. The molecule has 4 heterocycles. The molecule has 17 heteroatoms. The van der Waals surface area contributed by atoms with Crippen LogP contribution in [0.5, 0.6) is 5.88 Å². The van der Waals surface area contributed by atoms with Crippen LogP contribution in [0.15, 0.2) is 54.9 Å². The Morgan fingerprint density at radius 1 is 0.966 bits per heavy atom. The van der Waals surface area contributed by atoms with E-state index < -0.39 is 25.0 Å². The van der Waals surface area contributed by atoms with E-state index >= 15 is 0 Å². The number of ether oxygens (including phenoxy) is 3. The van der Waals surface area contributed by atoms with Crippen LogP contribution in [-0.2, 0) is 27.4 Å². The maximum atomic E-state index is 14.1. The largest absolute Gasteiger partial charge is 0.480 e. The summed E-state index contributed by atoms with van der Waals surface area (Å²) in [6.45, 7) is 0.787. The number of methoxy groups -OCH3 is 2. The van der Waals surface area contributed by atoms with Crippen LogP contribution in [0.3, 0.4) is 0 Å². The number of likely N-dealkylation sites (tertiary alicyclic amines) is 1. The van der Waals surface area contributed by atoms with Gasteiger partial charge in [0.1, 0.15) is 11.2 Å². The number of carbonyl (C=O) groups excluding carboxylic acids is 1. The predicted molar refractivity (Wildman–Crippen MR) is 215 cm³/mol. The smallest absolute Gasteiger partial charge is 0.345 e. The van der Waals surface area contributed by atoms with Crippen molar-refractivity contribution in [2.75, 3.05) is 39.7 Å². The third-order valence-corrected chi connectivity index (χ3v) is 11.6. The van der Waals surface area contributed by atoms with Crippen LogP contribution in [0.2, 0.25) is 5.02 Å². The molecule has 2 aromatic carbocycles. The number of pyridine rings is 1. The summed E-state index contributed by atoms with van der Waals surface area (Å²) in [4.78, 5) is 38.5. The van der Waals surface area contributed by atoms with Gasteiger partial charge in [-0.25, -0.2) is 23.7 Å². The lowest BCUT2D eigenvalue weighted by Crippen LogP contribution is -2.36. The molecule has 312 valence electrons. The number of fused-ring (bicyclic) bond motifs is 1. The number of esters is 1. The normalized spacial score (nSPS) is 18.6. The van der Waals surface area contributed by atoms with Gasteiger partial charge in [0.15, 0.2) is 11.6 Å². The fraction of sp³-hybridized carbons (Fsp3) is 0.429. The highest BCUT2D eigenvalue weighted by atomic mass is 35.5. The van der Waals surface area contributed by atoms with Gasteiger partial charge in [-0.05, 0) is 74.9 Å². The first-order valence-corrected chi connectivity index (χ1v) is 19.7. The highest BCUT2D eigenvalue weighted by molar-refractivity contribution is 6.36. The van der Waals surface area contributed by atoms with Gasteiger partial charge in [0, 0.05) is 55.2 Å². The molecule has 7 rings (SSSR count). The summed E-state index contributed by atoms with van der Waals surface area (Å²) in [6, 6.07) is 13.1. The Hall–Kier alpha value is -5.03. The predicted octanol–water partition coefficient (Wildman–Crippen LogP) is 8.78. The van der Waals surface area contributed by atoms with Crippen LogP contribution in [-0.4, -0.2) is 93.8 Å². The number of halogens is 5. The van der Waals surface area contributed by atoms with Crippen molar-refractivity contribution in [3.05, 3.63) is 82.5 Å². The number of nitrogens with zero attached hydrogens (tertiary/aromatic N) is 7. The van der Waals surface area contributed by atoms with E-state index in [1.807, 2.05) is 55.3 Å². The van der Waals surface area contributed by atoms with Gasteiger partial charge in [-0.2, -0.15) is 8.78 Å². The lowest BCUT2D eigenvalue weighted by molar-refractivity contribution is -0.158. The SMILES string of the molecule is COC(=O)C1CCC(N(C)Cc2ncc(-c3cccc(-c4cccc(Nc5nc(C(F)F)nc6cc(CN7CC[C@@H](OC(F)F)C7)cnc56)c4C)c3Cl)nc2OC)CC1. The highest BCUT2D eigenvalue weighted by Gasteiger charge is 2.30. The van der Waals surface area contributed by atoms with Gasteiger partial charge in [-0.15, -0.1) is 0 Å². The maximum Gasteiger partial charge on any atom is 0.345 e. The molecule has 1 atom stereocenters. The second-order valence-corrected chi connectivity index (χ2v) is 15.3. The summed E-state index contributed by atoms with van der Waals surface area (Å²) in [5.41, 5.74) is 5.89. The van der Waals surface area contributed by atoms with Gasteiger partial charge < -0.3 is 19.5 Å². The van der Waals surface area contributed by atoms with Gasteiger partial charge in [0.25, 0.3) is 6.43 Å². The van der Waals surface area contributed by atoms with Crippen molar-refractivity contribution in [1.82, 2.24) is 34.7 Å². The molecule has 0 unspecified atom stereocenters. The summed E-state index contributed by atoms with van der Waals surface area (Å²) in [7, 11) is 5.02. The van der Waals surface area contributed by atoms with Crippen molar-refractivity contribution >= 4 is 40.1 Å². The number of alkyl halides is 4. The van der Waals surface area contributed by atoms with Crippen LogP contribution in [0.4, 0.5) is 29.1 Å². The van der Waals surface area contributed by atoms with E-state index in [1.54, 1.807) is 25.6 Å². The zero-order valence-electron chi connectivity index (χ0n) is 33.1. The van der Waals surface area contributed by atoms with Crippen molar-refractivity contribution < 1.29 is 36.6 Å². The minimum absolute atomic E-state index is 0.0588. The number of hydrogen-bond donors (Lipinski definition) is 1. The van der Waals surface area contributed by atoms with Gasteiger partial charge in [0.05, 0.1) is 48.7 Å². The number of carbonyl (C=O) groups is 1. The second kappa shape index (κ2) is 18.5. The van der Waals surface area contributed by atoms with Gasteiger partial charge >= 0.3 is 12.6 Å². The number of aromatic nitrogens is 5. The van der Waals surface area contributed by atoms with Crippen molar-refractivity contribution in [3.63, 3.8) is 0 Å². The Kier molecular flexibility index (Phi) is 13.2. The van der Waals surface area contributed by atoms with E-state index in [0.717, 1.165) is 36.8 Å². The molecule has 0 amide bonds. The van der Waals surface area contributed by atoms with Crippen molar-refractivity contribution in [2.24, 2.45) is 5.92 Å². The molecule has 1 saturated carbocycles. The van der Waals surface area contributed by atoms with E-state index in [2.05, 4.69) is 29.9 Å². The molecule has 1 aliphatic heterocycles. The van der Waals surface area contributed by atoms with Gasteiger partial charge in [0.2, 0.25) is 5.88 Å². The number of hydrogen-bond acceptors (Lipinski definition) is 12. The molecule has 1 aliphatic carbocycles. The van der Waals surface area contributed by atoms with E-state index in [1.165, 1.54) is 7.11 Å². The second-order valence-electron chi connectivity index (χ2n) is 14.9. The molecule has 12 nitrogen and oxygen atoms in total. The zero-order chi connectivity index (χ0) is 41.8. The van der Waals surface area contributed by atoms with Crippen molar-refractivity contribution in [3.8, 4) is 28.3 Å². The van der Waals surface area contributed by atoms with Gasteiger partial charge in [-0.1, -0.05) is 41.9 Å². The molecule has 3 aromatic heterocycles. The lowest BCUT2D eigenvalue weighted by atomic mass is 9.85. The zero-order valence-corrected chi connectivity index (χ0v) is 33.9. The molecule has 1 saturated heterocycles. The molecule has 2 fully saturated rings. The Labute approximate surface area is 344 Å². The molecule has 1 N–H and O–H groups in total. The third kappa shape index (κ3) is 9.56. The Balaban J connectivity index is 1.11. The Bertz CT molecular complexity index is 2300. The first kappa shape index (κ1) is 42.1.